The molecule has 2 N–H and O–H groups in total. The molecule has 1 saturated carbocycles. The first-order chi connectivity index (χ1) is 14.0. The van der Waals surface area contributed by atoms with Crippen LogP contribution in [0, 0.1) is 11.3 Å². The van der Waals surface area contributed by atoms with E-state index in [2.05, 4.69) is 26.7 Å². The molecule has 7 heteroatoms. The van der Waals surface area contributed by atoms with E-state index in [4.69, 9.17) is 5.26 Å². The summed E-state index contributed by atoms with van der Waals surface area (Å²) < 4.78 is 1.86. The van der Waals surface area contributed by atoms with Gasteiger partial charge in [0.1, 0.15) is 17.5 Å². The molecule has 0 atom stereocenters. The maximum Gasteiger partial charge on any atom is 0.255 e. The summed E-state index contributed by atoms with van der Waals surface area (Å²) in [7, 11) is 0. The van der Waals surface area contributed by atoms with E-state index in [1.165, 1.54) is 12.8 Å². The highest BCUT2D eigenvalue weighted by atomic mass is 16.1. The third-order valence-corrected chi connectivity index (χ3v) is 5.17. The first-order valence-corrected chi connectivity index (χ1v) is 10.00. The molecular formula is C22H24N6O. The van der Waals surface area contributed by atoms with Gasteiger partial charge >= 0.3 is 0 Å². The first kappa shape index (κ1) is 18.9. The average molecular weight is 388 g/mol. The van der Waals surface area contributed by atoms with Gasteiger partial charge in [-0.1, -0.05) is 12.8 Å². The second-order valence-electron chi connectivity index (χ2n) is 7.78. The van der Waals surface area contributed by atoms with E-state index in [9.17, 15) is 4.79 Å². The van der Waals surface area contributed by atoms with Gasteiger partial charge in [-0.25, -0.2) is 9.97 Å². The lowest BCUT2D eigenvalue weighted by Crippen LogP contribution is -2.33. The summed E-state index contributed by atoms with van der Waals surface area (Å²) >= 11 is 0. The smallest absolute Gasteiger partial charge is 0.255 e. The van der Waals surface area contributed by atoms with Crippen LogP contribution in [0.5, 0.6) is 0 Å². The number of amides is 1. The Morgan fingerprint density at radius 3 is 2.76 bits per heavy atom. The third-order valence-electron chi connectivity index (χ3n) is 5.17. The summed E-state index contributed by atoms with van der Waals surface area (Å²) in [6, 6.07) is 8.11. The standard InChI is InChI=1S/C22H24N6O/c1-14(2)26-19-10-20(24-13-18(19)22(29)27-17-5-3-4-6-17)28-8-7-16-9-15(11-23)12-25-21(16)28/h7-10,12-14,17H,3-6H2,1-2H3,(H,24,26)(H,27,29). The van der Waals surface area contributed by atoms with Gasteiger partial charge in [0.15, 0.2) is 0 Å². The highest BCUT2D eigenvalue weighted by Crippen LogP contribution is 2.24. The third kappa shape index (κ3) is 3.92. The van der Waals surface area contributed by atoms with Crippen molar-refractivity contribution in [1.29, 1.82) is 5.26 Å². The highest BCUT2D eigenvalue weighted by molar-refractivity contribution is 5.99. The molecule has 0 spiro atoms. The van der Waals surface area contributed by atoms with Gasteiger partial charge in [-0.3, -0.25) is 9.36 Å². The number of hydrogen-bond donors (Lipinski definition) is 2. The normalized spacial score (nSPS) is 14.3. The molecule has 7 nitrogen and oxygen atoms in total. The second kappa shape index (κ2) is 7.92. The maximum atomic E-state index is 12.8. The molecule has 3 aromatic rings. The number of anilines is 1. The van der Waals surface area contributed by atoms with E-state index in [0.717, 1.165) is 29.6 Å². The molecule has 0 radical (unpaired) electrons. The number of carbonyl (C=O) groups excluding carboxylic acids is 1. The fourth-order valence-corrected chi connectivity index (χ4v) is 3.79. The van der Waals surface area contributed by atoms with Gasteiger partial charge < -0.3 is 10.6 Å². The van der Waals surface area contributed by atoms with E-state index < -0.39 is 0 Å². The molecule has 0 aliphatic heterocycles. The summed E-state index contributed by atoms with van der Waals surface area (Å²) in [5.41, 5.74) is 2.53. The molecule has 1 aliphatic carbocycles. The lowest BCUT2D eigenvalue weighted by molar-refractivity contribution is 0.0938. The number of rotatable bonds is 5. The van der Waals surface area contributed by atoms with Crippen LogP contribution in [0.3, 0.4) is 0 Å². The van der Waals surface area contributed by atoms with E-state index in [1.807, 2.05) is 36.7 Å². The second-order valence-corrected chi connectivity index (χ2v) is 7.78. The fourth-order valence-electron chi connectivity index (χ4n) is 3.79. The Morgan fingerprint density at radius 1 is 1.24 bits per heavy atom. The number of pyridine rings is 2. The molecule has 1 amide bonds. The number of carbonyl (C=O) groups is 1. The van der Waals surface area contributed by atoms with Crippen LogP contribution in [0.25, 0.3) is 16.9 Å². The van der Waals surface area contributed by atoms with Crippen molar-refractivity contribution < 1.29 is 4.79 Å². The van der Waals surface area contributed by atoms with Crippen LogP contribution in [0.1, 0.15) is 55.5 Å². The molecule has 3 heterocycles. The van der Waals surface area contributed by atoms with E-state index >= 15 is 0 Å². The number of hydrogen-bond acceptors (Lipinski definition) is 5. The Kier molecular flexibility index (Phi) is 5.17. The predicted molar refractivity (Wildman–Crippen MR) is 112 cm³/mol. The Bertz CT molecular complexity index is 1090. The Hall–Kier alpha value is -3.40. The summed E-state index contributed by atoms with van der Waals surface area (Å²) in [4.78, 5) is 21.8. The quantitative estimate of drug-likeness (QED) is 0.693. The fraction of sp³-hybridized carbons (Fsp3) is 0.364. The molecule has 3 aromatic heterocycles. The van der Waals surface area contributed by atoms with Crippen molar-refractivity contribution >= 4 is 22.6 Å². The van der Waals surface area contributed by atoms with Gasteiger partial charge in [0.05, 0.1) is 16.8 Å². The van der Waals surface area contributed by atoms with Crippen LogP contribution in [-0.4, -0.2) is 32.5 Å². The number of nitriles is 1. The molecule has 29 heavy (non-hydrogen) atoms. The van der Waals surface area contributed by atoms with Crippen LogP contribution < -0.4 is 10.6 Å². The van der Waals surface area contributed by atoms with E-state index in [1.54, 1.807) is 18.5 Å². The minimum absolute atomic E-state index is 0.0896. The van der Waals surface area contributed by atoms with Crippen LogP contribution in [0.15, 0.2) is 36.8 Å². The van der Waals surface area contributed by atoms with Crippen LogP contribution in [0.4, 0.5) is 5.69 Å². The Morgan fingerprint density at radius 2 is 2.03 bits per heavy atom. The Labute approximate surface area is 169 Å². The van der Waals surface area contributed by atoms with Crippen LogP contribution in [-0.2, 0) is 0 Å². The lowest BCUT2D eigenvalue weighted by Gasteiger charge is -2.18. The monoisotopic (exact) mass is 388 g/mol. The van der Waals surface area contributed by atoms with Gasteiger partial charge in [0, 0.05) is 42.1 Å². The Balaban J connectivity index is 1.70. The number of nitrogens with one attached hydrogen (secondary N) is 2. The maximum absolute atomic E-state index is 12.8. The topological polar surface area (TPSA) is 95.6 Å². The van der Waals surface area contributed by atoms with Gasteiger partial charge in [0.2, 0.25) is 0 Å². The molecule has 0 unspecified atom stereocenters. The van der Waals surface area contributed by atoms with Crippen molar-refractivity contribution in [1.82, 2.24) is 19.9 Å². The first-order valence-electron chi connectivity index (χ1n) is 10.00. The number of nitrogens with zero attached hydrogens (tertiary/aromatic N) is 4. The minimum Gasteiger partial charge on any atom is -0.382 e. The van der Waals surface area contributed by atoms with Crippen molar-refractivity contribution in [2.75, 3.05) is 5.32 Å². The number of fused-ring (bicyclic) bond motifs is 1. The van der Waals surface area contributed by atoms with E-state index in [0.29, 0.717) is 16.9 Å². The zero-order valence-corrected chi connectivity index (χ0v) is 16.6. The van der Waals surface area contributed by atoms with Crippen molar-refractivity contribution in [3.05, 3.63) is 47.9 Å². The summed E-state index contributed by atoms with van der Waals surface area (Å²) in [5.74, 6) is 0.575. The molecule has 4 rings (SSSR count). The average Bonchev–Trinajstić information content (AvgIpc) is 3.36. The highest BCUT2D eigenvalue weighted by Gasteiger charge is 2.21. The predicted octanol–water partition coefficient (Wildman–Crippen LogP) is 3.78. The van der Waals surface area contributed by atoms with Gasteiger partial charge in [0.25, 0.3) is 5.91 Å². The summed E-state index contributed by atoms with van der Waals surface area (Å²) in [5, 5.41) is 16.4. The zero-order valence-electron chi connectivity index (χ0n) is 16.6. The molecular weight excluding hydrogens is 364 g/mol. The molecule has 0 saturated heterocycles. The van der Waals surface area contributed by atoms with Gasteiger partial charge in [-0.15, -0.1) is 0 Å². The van der Waals surface area contributed by atoms with Crippen molar-refractivity contribution in [3.8, 4) is 11.9 Å². The van der Waals surface area contributed by atoms with Gasteiger partial charge in [-0.2, -0.15) is 5.26 Å². The number of aromatic nitrogens is 3. The van der Waals surface area contributed by atoms with Crippen LogP contribution >= 0.6 is 0 Å². The van der Waals surface area contributed by atoms with Gasteiger partial charge in [-0.05, 0) is 38.8 Å². The molecule has 148 valence electrons. The van der Waals surface area contributed by atoms with E-state index in [-0.39, 0.29) is 18.0 Å². The zero-order chi connectivity index (χ0) is 20.4. The molecule has 1 aliphatic rings. The summed E-state index contributed by atoms with van der Waals surface area (Å²) in [6.45, 7) is 4.07. The SMILES string of the molecule is CC(C)Nc1cc(-n2ccc3cc(C#N)cnc32)ncc1C(=O)NC1CCCC1. The van der Waals surface area contributed by atoms with Crippen molar-refractivity contribution in [2.45, 2.75) is 51.6 Å². The minimum atomic E-state index is -0.0896. The van der Waals surface area contributed by atoms with Crippen LogP contribution in [0.2, 0.25) is 0 Å². The lowest BCUT2D eigenvalue weighted by atomic mass is 10.1. The summed E-state index contributed by atoms with van der Waals surface area (Å²) in [6.07, 6.45) is 9.46. The largest absolute Gasteiger partial charge is 0.382 e. The van der Waals surface area contributed by atoms with Crippen molar-refractivity contribution in [2.24, 2.45) is 0 Å². The molecule has 0 bridgehead atoms. The van der Waals surface area contributed by atoms with Crippen molar-refractivity contribution in [3.63, 3.8) is 0 Å². The molecule has 1 fully saturated rings. The molecule has 0 aromatic carbocycles.